The maximum atomic E-state index is 12.5. The average molecular weight is 405 g/mol. The molecule has 6 heteroatoms. The zero-order valence-electron chi connectivity index (χ0n) is 15.3. The van der Waals surface area contributed by atoms with Crippen LogP contribution >= 0.6 is 11.6 Å². The second-order valence-corrected chi connectivity index (χ2v) is 7.06. The monoisotopic (exact) mass is 404 g/mol. The third kappa shape index (κ3) is 4.00. The van der Waals surface area contributed by atoms with Crippen molar-refractivity contribution in [1.29, 1.82) is 0 Å². The van der Waals surface area contributed by atoms with Crippen molar-refractivity contribution in [2.24, 2.45) is 0 Å². The van der Waals surface area contributed by atoms with Crippen LogP contribution in [0.4, 0.5) is 5.69 Å². The summed E-state index contributed by atoms with van der Waals surface area (Å²) in [6, 6.07) is 22.5. The SMILES string of the molecule is O=C(Cn1ccc2cc(-c3ccccc3)ccc21)Nc1ccc(Cl)cc1C(=O)O. The number of hydrogen-bond acceptors (Lipinski definition) is 2. The van der Waals surface area contributed by atoms with E-state index in [2.05, 4.69) is 23.5 Å². The Labute approximate surface area is 172 Å². The number of amides is 1. The molecule has 0 bridgehead atoms. The molecule has 0 unspecified atom stereocenters. The van der Waals surface area contributed by atoms with E-state index in [0.717, 1.165) is 22.0 Å². The lowest BCUT2D eigenvalue weighted by Gasteiger charge is -2.10. The summed E-state index contributed by atoms with van der Waals surface area (Å²) in [6.07, 6.45) is 1.85. The molecule has 3 aromatic carbocycles. The predicted octanol–water partition coefficient (Wildman–Crippen LogP) is 5.30. The summed E-state index contributed by atoms with van der Waals surface area (Å²) < 4.78 is 1.83. The number of fused-ring (bicyclic) bond motifs is 1. The van der Waals surface area contributed by atoms with Crippen molar-refractivity contribution in [3.8, 4) is 11.1 Å². The number of nitrogens with one attached hydrogen (secondary N) is 1. The molecule has 0 saturated heterocycles. The molecule has 144 valence electrons. The van der Waals surface area contributed by atoms with Crippen molar-refractivity contribution in [2.75, 3.05) is 5.32 Å². The Morgan fingerprint density at radius 2 is 1.72 bits per heavy atom. The van der Waals surface area contributed by atoms with Gasteiger partial charge in [0, 0.05) is 22.1 Å². The molecule has 0 radical (unpaired) electrons. The quantitative estimate of drug-likeness (QED) is 0.474. The summed E-state index contributed by atoms with van der Waals surface area (Å²) >= 11 is 5.85. The standard InChI is InChI=1S/C23H17ClN2O3/c24-18-7-8-20(19(13-18)23(28)29)25-22(27)14-26-11-10-17-12-16(6-9-21(17)26)15-4-2-1-3-5-15/h1-13H,14H2,(H,25,27)(H,28,29). The Hall–Kier alpha value is -3.57. The van der Waals surface area contributed by atoms with Crippen LogP contribution in [0.3, 0.4) is 0 Å². The molecule has 0 spiro atoms. The zero-order valence-corrected chi connectivity index (χ0v) is 16.1. The third-order valence-electron chi connectivity index (χ3n) is 4.68. The molecule has 2 N–H and O–H groups in total. The summed E-state index contributed by atoms with van der Waals surface area (Å²) in [7, 11) is 0. The maximum absolute atomic E-state index is 12.5. The van der Waals surface area contributed by atoms with Crippen molar-refractivity contribution in [3.05, 3.63) is 89.6 Å². The van der Waals surface area contributed by atoms with Gasteiger partial charge in [-0.15, -0.1) is 0 Å². The number of hydrogen-bond donors (Lipinski definition) is 2. The van der Waals surface area contributed by atoms with Gasteiger partial charge in [-0.1, -0.05) is 48.0 Å². The predicted molar refractivity (Wildman–Crippen MR) is 114 cm³/mol. The van der Waals surface area contributed by atoms with Crippen LogP contribution in [0.15, 0.2) is 79.0 Å². The second-order valence-electron chi connectivity index (χ2n) is 6.63. The molecule has 4 rings (SSSR count). The molecular formula is C23H17ClN2O3. The highest BCUT2D eigenvalue weighted by molar-refractivity contribution is 6.31. The Morgan fingerprint density at radius 1 is 0.931 bits per heavy atom. The molecule has 1 amide bonds. The highest BCUT2D eigenvalue weighted by Gasteiger charge is 2.14. The van der Waals surface area contributed by atoms with E-state index in [0.29, 0.717) is 5.02 Å². The molecule has 1 aromatic heterocycles. The number of carboxylic acid groups (broad SMARTS) is 1. The first-order valence-electron chi connectivity index (χ1n) is 8.98. The fourth-order valence-electron chi connectivity index (χ4n) is 3.30. The lowest BCUT2D eigenvalue weighted by Crippen LogP contribution is -2.19. The molecule has 0 saturated carbocycles. The molecule has 0 fully saturated rings. The first-order chi connectivity index (χ1) is 14.0. The average Bonchev–Trinajstić information content (AvgIpc) is 3.11. The van der Waals surface area contributed by atoms with E-state index in [4.69, 9.17) is 11.6 Å². The Kier molecular flexibility index (Phi) is 5.06. The van der Waals surface area contributed by atoms with Crippen LogP contribution in [0.1, 0.15) is 10.4 Å². The highest BCUT2D eigenvalue weighted by atomic mass is 35.5. The number of aromatic carboxylic acids is 1. The van der Waals surface area contributed by atoms with Crippen LogP contribution in [-0.2, 0) is 11.3 Å². The number of nitrogens with zero attached hydrogens (tertiary/aromatic N) is 1. The van der Waals surface area contributed by atoms with E-state index in [9.17, 15) is 14.7 Å². The molecule has 4 aromatic rings. The van der Waals surface area contributed by atoms with E-state index in [1.54, 1.807) is 6.07 Å². The first kappa shape index (κ1) is 18.8. The summed E-state index contributed by atoms with van der Waals surface area (Å²) in [5.74, 6) is -1.47. The Morgan fingerprint density at radius 3 is 2.48 bits per heavy atom. The first-order valence-corrected chi connectivity index (χ1v) is 9.36. The number of aromatic nitrogens is 1. The summed E-state index contributed by atoms with van der Waals surface area (Å²) in [4.78, 5) is 23.9. The lowest BCUT2D eigenvalue weighted by molar-refractivity contribution is -0.116. The van der Waals surface area contributed by atoms with Gasteiger partial charge in [0.25, 0.3) is 0 Å². The molecule has 0 atom stereocenters. The van der Waals surface area contributed by atoms with Crippen molar-refractivity contribution in [1.82, 2.24) is 4.57 Å². The number of anilines is 1. The van der Waals surface area contributed by atoms with E-state index in [-0.39, 0.29) is 23.7 Å². The van der Waals surface area contributed by atoms with Crippen molar-refractivity contribution in [3.63, 3.8) is 0 Å². The fourth-order valence-corrected chi connectivity index (χ4v) is 3.47. The largest absolute Gasteiger partial charge is 0.478 e. The molecule has 0 aliphatic rings. The van der Waals surface area contributed by atoms with Crippen LogP contribution in [0.5, 0.6) is 0 Å². The van der Waals surface area contributed by atoms with Crippen LogP contribution in [0.2, 0.25) is 5.02 Å². The zero-order chi connectivity index (χ0) is 20.4. The van der Waals surface area contributed by atoms with Crippen LogP contribution in [0, 0.1) is 0 Å². The van der Waals surface area contributed by atoms with Gasteiger partial charge < -0.3 is 15.0 Å². The van der Waals surface area contributed by atoms with Crippen molar-refractivity contribution >= 4 is 40.1 Å². The molecule has 1 heterocycles. The Balaban J connectivity index is 1.56. The maximum Gasteiger partial charge on any atom is 0.337 e. The number of carbonyl (C=O) groups is 2. The van der Waals surface area contributed by atoms with Crippen LogP contribution in [-0.4, -0.2) is 21.6 Å². The molecule has 0 aliphatic heterocycles. The van der Waals surface area contributed by atoms with Gasteiger partial charge in [0.2, 0.25) is 5.91 Å². The van der Waals surface area contributed by atoms with E-state index >= 15 is 0 Å². The van der Waals surface area contributed by atoms with E-state index < -0.39 is 5.97 Å². The molecular weight excluding hydrogens is 388 g/mol. The lowest BCUT2D eigenvalue weighted by atomic mass is 10.0. The van der Waals surface area contributed by atoms with Gasteiger partial charge in [0.05, 0.1) is 11.3 Å². The Bertz CT molecular complexity index is 1220. The number of carbonyl (C=O) groups excluding carboxylic acids is 1. The number of halogens is 1. The van der Waals surface area contributed by atoms with E-state index in [1.165, 1.54) is 12.1 Å². The number of rotatable bonds is 5. The minimum absolute atomic E-state index is 0.0456. The number of benzene rings is 3. The minimum Gasteiger partial charge on any atom is -0.478 e. The third-order valence-corrected chi connectivity index (χ3v) is 4.91. The van der Waals surface area contributed by atoms with Gasteiger partial charge in [0.1, 0.15) is 6.54 Å². The van der Waals surface area contributed by atoms with Crippen molar-refractivity contribution in [2.45, 2.75) is 6.54 Å². The van der Waals surface area contributed by atoms with Gasteiger partial charge in [0.15, 0.2) is 0 Å². The second kappa shape index (κ2) is 7.81. The topological polar surface area (TPSA) is 71.3 Å². The summed E-state index contributed by atoms with van der Waals surface area (Å²) in [5, 5.41) is 13.3. The smallest absolute Gasteiger partial charge is 0.337 e. The summed E-state index contributed by atoms with van der Waals surface area (Å²) in [5.41, 5.74) is 3.33. The van der Waals surface area contributed by atoms with Crippen LogP contribution in [0.25, 0.3) is 22.0 Å². The van der Waals surface area contributed by atoms with Gasteiger partial charge in [-0.25, -0.2) is 4.79 Å². The molecule has 29 heavy (non-hydrogen) atoms. The summed E-state index contributed by atoms with van der Waals surface area (Å²) in [6.45, 7) is 0.0653. The minimum atomic E-state index is -1.15. The molecule has 5 nitrogen and oxygen atoms in total. The van der Waals surface area contributed by atoms with Gasteiger partial charge in [-0.3, -0.25) is 4.79 Å². The van der Waals surface area contributed by atoms with Gasteiger partial charge in [-0.05, 0) is 47.5 Å². The van der Waals surface area contributed by atoms with Gasteiger partial charge >= 0.3 is 5.97 Å². The van der Waals surface area contributed by atoms with Crippen molar-refractivity contribution < 1.29 is 14.7 Å². The fraction of sp³-hybridized carbons (Fsp3) is 0.0435. The molecule has 0 aliphatic carbocycles. The van der Waals surface area contributed by atoms with Gasteiger partial charge in [-0.2, -0.15) is 0 Å². The highest BCUT2D eigenvalue weighted by Crippen LogP contribution is 2.25. The number of carboxylic acids is 1. The van der Waals surface area contributed by atoms with E-state index in [1.807, 2.05) is 47.2 Å². The van der Waals surface area contributed by atoms with Crippen LogP contribution < -0.4 is 5.32 Å². The normalized spacial score (nSPS) is 10.8.